The highest BCUT2D eigenvalue weighted by Gasteiger charge is 2.48. The molecule has 0 aromatic carbocycles. The number of methoxy groups -OCH3 is 1. The molecular weight excluding hydrogens is 204 g/mol. The van der Waals surface area contributed by atoms with E-state index in [1.165, 1.54) is 12.8 Å². The van der Waals surface area contributed by atoms with Gasteiger partial charge < -0.3 is 15.8 Å². The summed E-state index contributed by atoms with van der Waals surface area (Å²) in [5.74, 6) is 1.28. The van der Waals surface area contributed by atoms with Crippen molar-refractivity contribution in [3.05, 3.63) is 0 Å². The van der Waals surface area contributed by atoms with Gasteiger partial charge in [0.15, 0.2) is 0 Å². The molecule has 16 heavy (non-hydrogen) atoms. The first kappa shape index (κ1) is 11.9. The summed E-state index contributed by atoms with van der Waals surface area (Å²) >= 11 is 0. The number of hydrogen-bond acceptors (Lipinski definition) is 3. The highest BCUT2D eigenvalue weighted by molar-refractivity contribution is 5.80. The van der Waals surface area contributed by atoms with E-state index >= 15 is 0 Å². The zero-order valence-electron chi connectivity index (χ0n) is 10.1. The maximum Gasteiger partial charge on any atom is 0.225 e. The average molecular weight is 226 g/mol. The third-order valence-corrected chi connectivity index (χ3v) is 4.25. The van der Waals surface area contributed by atoms with Crippen LogP contribution in [0.2, 0.25) is 0 Å². The van der Waals surface area contributed by atoms with Gasteiger partial charge in [0.2, 0.25) is 5.91 Å². The van der Waals surface area contributed by atoms with E-state index in [4.69, 9.17) is 10.5 Å². The second kappa shape index (κ2) is 4.72. The lowest BCUT2D eigenvalue weighted by molar-refractivity contribution is -0.127. The minimum atomic E-state index is 0.0443. The fraction of sp³-hybridized carbons (Fsp3) is 0.917. The summed E-state index contributed by atoms with van der Waals surface area (Å²) in [6.07, 6.45) is 3.61. The minimum Gasteiger partial charge on any atom is -0.380 e. The van der Waals surface area contributed by atoms with Crippen LogP contribution in [-0.4, -0.2) is 31.7 Å². The molecule has 0 aromatic heterocycles. The fourth-order valence-corrected chi connectivity index (χ4v) is 3.17. The van der Waals surface area contributed by atoms with Gasteiger partial charge in [-0.1, -0.05) is 0 Å². The number of hydrogen-bond donors (Lipinski definition) is 2. The Labute approximate surface area is 96.9 Å². The molecule has 1 amide bonds. The molecule has 0 aliphatic heterocycles. The molecule has 4 heteroatoms. The van der Waals surface area contributed by atoms with E-state index in [-0.39, 0.29) is 24.0 Å². The molecular formula is C12H22N2O2. The highest BCUT2D eigenvalue weighted by atomic mass is 16.5. The molecule has 3 N–H and O–H groups in total. The van der Waals surface area contributed by atoms with Gasteiger partial charge in [-0.15, -0.1) is 0 Å². The van der Waals surface area contributed by atoms with Crippen LogP contribution in [0.5, 0.6) is 0 Å². The summed E-state index contributed by atoms with van der Waals surface area (Å²) in [6.45, 7) is 2.52. The molecule has 2 bridgehead atoms. The third-order valence-electron chi connectivity index (χ3n) is 4.25. The number of nitrogens with one attached hydrogen (secondary N) is 1. The Morgan fingerprint density at radius 3 is 2.75 bits per heavy atom. The SMILES string of the molecule is COC(C)CNC(=O)C1C2CCC(C2)C1N. The molecule has 0 spiro atoms. The van der Waals surface area contributed by atoms with Gasteiger partial charge in [-0.3, -0.25) is 4.79 Å². The van der Waals surface area contributed by atoms with Crippen molar-refractivity contribution in [3.63, 3.8) is 0 Å². The first-order valence-corrected chi connectivity index (χ1v) is 6.19. The summed E-state index contributed by atoms with van der Waals surface area (Å²) in [6, 6.07) is 0.0802. The molecule has 2 aliphatic rings. The normalized spacial score (nSPS) is 38.7. The van der Waals surface area contributed by atoms with Gasteiger partial charge in [0, 0.05) is 19.7 Å². The maximum absolute atomic E-state index is 12.0. The van der Waals surface area contributed by atoms with Gasteiger partial charge >= 0.3 is 0 Å². The maximum atomic E-state index is 12.0. The van der Waals surface area contributed by atoms with Gasteiger partial charge in [0.25, 0.3) is 0 Å². The van der Waals surface area contributed by atoms with Crippen molar-refractivity contribution >= 4 is 5.91 Å². The molecule has 2 fully saturated rings. The van der Waals surface area contributed by atoms with Crippen molar-refractivity contribution in [1.29, 1.82) is 0 Å². The van der Waals surface area contributed by atoms with Crippen LogP contribution in [-0.2, 0) is 9.53 Å². The predicted molar refractivity (Wildman–Crippen MR) is 61.8 cm³/mol. The third kappa shape index (κ3) is 2.09. The van der Waals surface area contributed by atoms with Gasteiger partial charge in [-0.2, -0.15) is 0 Å². The second-order valence-corrected chi connectivity index (χ2v) is 5.23. The smallest absolute Gasteiger partial charge is 0.225 e. The standard InChI is InChI=1S/C12H22N2O2/c1-7(16-2)6-14-12(15)10-8-3-4-9(5-8)11(10)13/h7-11H,3-6,13H2,1-2H3,(H,14,15). The van der Waals surface area contributed by atoms with Crippen LogP contribution in [0.1, 0.15) is 26.2 Å². The Bertz CT molecular complexity index is 268. The number of nitrogens with two attached hydrogens (primary N) is 1. The Hall–Kier alpha value is -0.610. The summed E-state index contributed by atoms with van der Waals surface area (Å²) in [5.41, 5.74) is 6.11. The molecule has 0 aromatic rings. The Kier molecular flexibility index (Phi) is 3.50. The van der Waals surface area contributed by atoms with E-state index in [9.17, 15) is 4.79 Å². The van der Waals surface area contributed by atoms with E-state index in [1.807, 2.05) is 6.92 Å². The summed E-state index contributed by atoms with van der Waals surface area (Å²) < 4.78 is 5.11. The molecule has 5 atom stereocenters. The summed E-state index contributed by atoms with van der Waals surface area (Å²) in [4.78, 5) is 12.0. The van der Waals surface area contributed by atoms with Crippen molar-refractivity contribution in [2.45, 2.75) is 38.3 Å². The quantitative estimate of drug-likeness (QED) is 0.734. The van der Waals surface area contributed by atoms with Crippen molar-refractivity contribution in [1.82, 2.24) is 5.32 Å². The molecule has 5 unspecified atom stereocenters. The summed E-state index contributed by atoms with van der Waals surface area (Å²) in [5, 5.41) is 2.95. The monoisotopic (exact) mass is 226 g/mol. The lowest BCUT2D eigenvalue weighted by Crippen LogP contribution is -2.46. The van der Waals surface area contributed by atoms with E-state index < -0.39 is 0 Å². The van der Waals surface area contributed by atoms with Crippen molar-refractivity contribution in [2.75, 3.05) is 13.7 Å². The van der Waals surface area contributed by atoms with E-state index in [1.54, 1.807) is 7.11 Å². The molecule has 4 nitrogen and oxygen atoms in total. The Balaban J connectivity index is 1.86. The zero-order chi connectivity index (χ0) is 11.7. The molecule has 2 aliphatic carbocycles. The number of amides is 1. The van der Waals surface area contributed by atoms with E-state index in [0.29, 0.717) is 18.4 Å². The number of fused-ring (bicyclic) bond motifs is 2. The molecule has 0 saturated heterocycles. The van der Waals surface area contributed by atoms with Crippen LogP contribution in [0.25, 0.3) is 0 Å². The van der Waals surface area contributed by atoms with Crippen molar-refractivity contribution in [3.8, 4) is 0 Å². The zero-order valence-corrected chi connectivity index (χ0v) is 10.1. The van der Waals surface area contributed by atoms with Crippen LogP contribution in [0, 0.1) is 17.8 Å². The highest BCUT2D eigenvalue weighted by Crippen LogP contribution is 2.47. The predicted octanol–water partition coefficient (Wildman–Crippen LogP) is 0.511. The van der Waals surface area contributed by atoms with Crippen molar-refractivity contribution < 1.29 is 9.53 Å². The van der Waals surface area contributed by atoms with Crippen LogP contribution in [0.4, 0.5) is 0 Å². The first-order valence-electron chi connectivity index (χ1n) is 6.19. The molecule has 0 heterocycles. The number of carbonyl (C=O) groups is 1. The Morgan fingerprint density at radius 1 is 1.50 bits per heavy atom. The number of rotatable bonds is 4. The van der Waals surface area contributed by atoms with Gasteiger partial charge in [-0.25, -0.2) is 0 Å². The summed E-state index contributed by atoms with van der Waals surface area (Å²) in [7, 11) is 1.65. The average Bonchev–Trinajstić information content (AvgIpc) is 2.85. The second-order valence-electron chi connectivity index (χ2n) is 5.23. The molecule has 92 valence electrons. The minimum absolute atomic E-state index is 0.0443. The van der Waals surface area contributed by atoms with E-state index in [2.05, 4.69) is 5.32 Å². The largest absolute Gasteiger partial charge is 0.380 e. The Morgan fingerprint density at radius 2 is 2.19 bits per heavy atom. The molecule has 2 saturated carbocycles. The molecule has 2 rings (SSSR count). The van der Waals surface area contributed by atoms with Crippen LogP contribution >= 0.6 is 0 Å². The van der Waals surface area contributed by atoms with Crippen LogP contribution in [0.3, 0.4) is 0 Å². The van der Waals surface area contributed by atoms with Crippen LogP contribution in [0.15, 0.2) is 0 Å². The lowest BCUT2D eigenvalue weighted by Gasteiger charge is -2.27. The number of ether oxygens (including phenoxy) is 1. The van der Waals surface area contributed by atoms with Crippen LogP contribution < -0.4 is 11.1 Å². The van der Waals surface area contributed by atoms with Gasteiger partial charge in [0.05, 0.1) is 12.0 Å². The van der Waals surface area contributed by atoms with Crippen molar-refractivity contribution in [2.24, 2.45) is 23.5 Å². The topological polar surface area (TPSA) is 64.3 Å². The fourth-order valence-electron chi connectivity index (χ4n) is 3.17. The van der Waals surface area contributed by atoms with E-state index in [0.717, 1.165) is 6.42 Å². The number of carbonyl (C=O) groups excluding carboxylic acids is 1. The first-order chi connectivity index (χ1) is 7.63. The lowest BCUT2D eigenvalue weighted by atomic mass is 9.84. The van der Waals surface area contributed by atoms with Gasteiger partial charge in [-0.05, 0) is 38.0 Å². The molecule has 0 radical (unpaired) electrons. The van der Waals surface area contributed by atoms with Gasteiger partial charge in [0.1, 0.15) is 0 Å².